The van der Waals surface area contributed by atoms with Crippen LogP contribution in [0.1, 0.15) is 57.2 Å². The number of amides is 1. The van der Waals surface area contributed by atoms with E-state index in [1.807, 2.05) is 64.1 Å². The second-order valence-electron chi connectivity index (χ2n) is 9.68. The molecule has 1 N–H and O–H groups in total. The molecule has 1 heterocycles. The summed E-state index contributed by atoms with van der Waals surface area (Å²) in [4.78, 5) is 31.0. The Balaban J connectivity index is 0.00000324. The van der Waals surface area contributed by atoms with E-state index in [4.69, 9.17) is 9.72 Å². The van der Waals surface area contributed by atoms with Gasteiger partial charge in [0, 0.05) is 1.43 Å². The molecule has 1 amide bonds. The summed E-state index contributed by atoms with van der Waals surface area (Å²) in [7, 11) is 0. The van der Waals surface area contributed by atoms with Crippen LogP contribution in [0.5, 0.6) is 0 Å². The molecule has 5 nitrogen and oxygen atoms in total. The van der Waals surface area contributed by atoms with E-state index >= 15 is 0 Å². The number of hydrogen-bond acceptors (Lipinski definition) is 5. The average molecular weight is 465 g/mol. The highest BCUT2D eigenvalue weighted by atomic mass is 32.1. The van der Waals surface area contributed by atoms with Gasteiger partial charge in [0.2, 0.25) is 5.91 Å². The van der Waals surface area contributed by atoms with Crippen molar-refractivity contribution in [3.05, 3.63) is 70.2 Å². The maximum absolute atomic E-state index is 13.5. The van der Waals surface area contributed by atoms with Crippen molar-refractivity contribution in [2.24, 2.45) is 5.41 Å². The number of benzene rings is 2. The summed E-state index contributed by atoms with van der Waals surface area (Å²) >= 11 is 1.58. The fourth-order valence-electron chi connectivity index (χ4n) is 4.42. The third kappa shape index (κ3) is 5.33. The molecule has 0 bridgehead atoms. The van der Waals surface area contributed by atoms with Gasteiger partial charge in [-0.05, 0) is 69.4 Å². The predicted molar refractivity (Wildman–Crippen MR) is 135 cm³/mol. The van der Waals surface area contributed by atoms with Gasteiger partial charge in [-0.1, -0.05) is 42.5 Å². The van der Waals surface area contributed by atoms with E-state index in [0.29, 0.717) is 19.4 Å². The molecule has 0 spiro atoms. The molecule has 4 rings (SSSR count). The van der Waals surface area contributed by atoms with E-state index in [1.54, 1.807) is 11.3 Å². The number of fused-ring (bicyclic) bond motifs is 2. The van der Waals surface area contributed by atoms with Gasteiger partial charge >= 0.3 is 5.97 Å². The first-order valence-electron chi connectivity index (χ1n) is 11.3. The van der Waals surface area contributed by atoms with Crippen LogP contribution in [0.2, 0.25) is 0 Å². The molecule has 1 aliphatic rings. The minimum Gasteiger partial charge on any atom is -0.460 e. The Hall–Kier alpha value is -2.99. The molecular formula is C27H32N2O3S. The van der Waals surface area contributed by atoms with Gasteiger partial charge in [-0.3, -0.25) is 9.59 Å². The van der Waals surface area contributed by atoms with Crippen molar-refractivity contribution in [3.8, 4) is 0 Å². The Morgan fingerprint density at radius 1 is 1.18 bits per heavy atom. The van der Waals surface area contributed by atoms with Crippen molar-refractivity contribution < 1.29 is 15.8 Å². The van der Waals surface area contributed by atoms with Gasteiger partial charge in [0.25, 0.3) is 0 Å². The van der Waals surface area contributed by atoms with Gasteiger partial charge in [0.15, 0.2) is 0 Å². The Kier molecular flexibility index (Phi) is 6.39. The zero-order valence-electron chi connectivity index (χ0n) is 19.6. The maximum atomic E-state index is 13.5. The van der Waals surface area contributed by atoms with Crippen LogP contribution in [0.25, 0.3) is 16.3 Å². The number of rotatable bonds is 6. The number of carbonyl (C=O) groups is 2. The van der Waals surface area contributed by atoms with Gasteiger partial charge in [-0.2, -0.15) is 0 Å². The fraction of sp³-hybridized carbons (Fsp3) is 0.370. The Morgan fingerprint density at radius 3 is 2.52 bits per heavy atom. The summed E-state index contributed by atoms with van der Waals surface area (Å²) in [6.07, 6.45) is 5.15. The lowest BCUT2D eigenvalue weighted by Gasteiger charge is -2.28. The van der Waals surface area contributed by atoms with Crippen LogP contribution in [0, 0.1) is 5.41 Å². The number of allylic oxidation sites excluding steroid dienone is 1. The molecule has 2 aromatic carbocycles. The minimum absolute atomic E-state index is 0. The van der Waals surface area contributed by atoms with Crippen molar-refractivity contribution >= 4 is 39.5 Å². The molecule has 0 radical (unpaired) electrons. The number of aromatic nitrogens is 1. The topological polar surface area (TPSA) is 68.3 Å². The summed E-state index contributed by atoms with van der Waals surface area (Å²) in [5.41, 5.74) is 2.83. The van der Waals surface area contributed by atoms with Crippen LogP contribution in [-0.4, -0.2) is 22.5 Å². The predicted octanol–water partition coefficient (Wildman–Crippen LogP) is 5.71. The number of carbonyl (C=O) groups excluding carboxylic acids is 2. The molecule has 0 fully saturated rings. The second kappa shape index (κ2) is 9.10. The van der Waals surface area contributed by atoms with Gasteiger partial charge in [0.05, 0.1) is 28.6 Å². The normalized spacial score (nSPS) is 15.0. The molecule has 0 atom stereocenters. The summed E-state index contributed by atoms with van der Waals surface area (Å²) in [5, 5.41) is 3.92. The molecule has 1 aromatic heterocycles. The first-order chi connectivity index (χ1) is 15.7. The summed E-state index contributed by atoms with van der Waals surface area (Å²) < 4.78 is 6.66. The van der Waals surface area contributed by atoms with E-state index in [-0.39, 0.29) is 19.7 Å². The molecule has 3 aromatic rings. The maximum Gasteiger partial charge on any atom is 0.307 e. The molecular weight excluding hydrogens is 432 g/mol. The quantitative estimate of drug-likeness (QED) is 0.475. The van der Waals surface area contributed by atoms with E-state index in [2.05, 4.69) is 23.5 Å². The van der Waals surface area contributed by atoms with Crippen LogP contribution in [0.3, 0.4) is 0 Å². The first-order valence-corrected chi connectivity index (χ1v) is 12.1. The van der Waals surface area contributed by atoms with Crippen LogP contribution < -0.4 is 5.32 Å². The zero-order valence-corrected chi connectivity index (χ0v) is 20.4. The fourth-order valence-corrected chi connectivity index (χ4v) is 5.31. The highest BCUT2D eigenvalue weighted by Crippen LogP contribution is 2.41. The Morgan fingerprint density at radius 2 is 1.88 bits per heavy atom. The van der Waals surface area contributed by atoms with Crippen molar-refractivity contribution in [2.45, 2.75) is 59.1 Å². The lowest BCUT2D eigenvalue weighted by molar-refractivity contribution is -0.160. The molecule has 33 heavy (non-hydrogen) atoms. The van der Waals surface area contributed by atoms with E-state index in [1.165, 1.54) is 0 Å². The number of nitrogens with zero attached hydrogens (tertiary/aromatic N) is 1. The molecule has 6 heteroatoms. The standard InChI is InChI=1S/C27H30N2O3S.H2/c1-5-8-18-11-12-22-21(13-18)29-23(33-22)17-28-25(31)27(16-24(30)32-26(2,3)4)14-19-9-6-7-10-20(19)15-27;/h5-13H,14-17H2,1-4H3,(H,28,31);1H/b8-5+;. The van der Waals surface area contributed by atoms with Crippen molar-refractivity contribution in [2.75, 3.05) is 0 Å². The Labute approximate surface area is 200 Å². The third-order valence-electron chi connectivity index (χ3n) is 5.78. The third-order valence-corrected chi connectivity index (χ3v) is 6.81. The van der Waals surface area contributed by atoms with Gasteiger partial charge in [0.1, 0.15) is 10.6 Å². The molecule has 0 saturated heterocycles. The Bertz CT molecular complexity index is 1200. The van der Waals surface area contributed by atoms with Crippen LogP contribution in [0.15, 0.2) is 48.5 Å². The summed E-state index contributed by atoms with van der Waals surface area (Å²) in [5.74, 6) is -0.472. The van der Waals surface area contributed by atoms with Crippen LogP contribution in [0.4, 0.5) is 0 Å². The number of nitrogens with one attached hydrogen (secondary N) is 1. The van der Waals surface area contributed by atoms with Crippen LogP contribution in [-0.2, 0) is 33.7 Å². The summed E-state index contributed by atoms with van der Waals surface area (Å²) in [6, 6.07) is 14.2. The van der Waals surface area contributed by atoms with Crippen LogP contribution >= 0.6 is 11.3 Å². The second-order valence-corrected chi connectivity index (χ2v) is 10.8. The highest BCUT2D eigenvalue weighted by Gasteiger charge is 2.46. The first kappa shape index (κ1) is 23.2. The van der Waals surface area contributed by atoms with E-state index < -0.39 is 11.0 Å². The molecule has 0 aliphatic heterocycles. The van der Waals surface area contributed by atoms with Gasteiger partial charge in [-0.25, -0.2) is 4.98 Å². The number of esters is 1. The number of ether oxygens (including phenoxy) is 1. The van der Waals surface area contributed by atoms with Crippen molar-refractivity contribution in [1.29, 1.82) is 0 Å². The average Bonchev–Trinajstić information content (AvgIpc) is 3.31. The molecule has 1 aliphatic carbocycles. The SMILES string of the molecule is C/C=C/c1ccc2sc(CNC(=O)C3(CC(=O)OC(C)(C)C)Cc4ccccc4C3)nc2c1.[HH]. The zero-order chi connectivity index (χ0) is 23.6. The van der Waals surface area contributed by atoms with Gasteiger partial charge in [-0.15, -0.1) is 11.3 Å². The molecule has 0 unspecified atom stereocenters. The lowest BCUT2D eigenvalue weighted by Crippen LogP contribution is -2.44. The largest absolute Gasteiger partial charge is 0.460 e. The molecule has 174 valence electrons. The number of thiazole rings is 1. The lowest BCUT2D eigenvalue weighted by atomic mass is 9.80. The monoisotopic (exact) mass is 464 g/mol. The highest BCUT2D eigenvalue weighted by molar-refractivity contribution is 7.18. The molecule has 0 saturated carbocycles. The number of hydrogen-bond donors (Lipinski definition) is 1. The van der Waals surface area contributed by atoms with Crippen molar-refractivity contribution in [1.82, 2.24) is 10.3 Å². The van der Waals surface area contributed by atoms with E-state index in [0.717, 1.165) is 31.9 Å². The van der Waals surface area contributed by atoms with E-state index in [9.17, 15) is 9.59 Å². The minimum atomic E-state index is -0.845. The smallest absolute Gasteiger partial charge is 0.307 e. The van der Waals surface area contributed by atoms with Crippen molar-refractivity contribution in [3.63, 3.8) is 0 Å². The summed E-state index contributed by atoms with van der Waals surface area (Å²) in [6.45, 7) is 7.85. The van der Waals surface area contributed by atoms with Gasteiger partial charge < -0.3 is 10.1 Å².